The lowest BCUT2D eigenvalue weighted by Crippen LogP contribution is -2.26. The highest BCUT2D eigenvalue weighted by Gasteiger charge is 2.27. The van der Waals surface area contributed by atoms with Crippen molar-refractivity contribution < 1.29 is 18.1 Å². The maximum absolute atomic E-state index is 12.0. The second-order valence-corrected chi connectivity index (χ2v) is 11.3. The molecule has 0 amide bonds. The van der Waals surface area contributed by atoms with Gasteiger partial charge in [-0.05, 0) is 13.8 Å². The lowest BCUT2D eigenvalue weighted by Gasteiger charge is -2.22. The van der Waals surface area contributed by atoms with E-state index in [1.165, 1.54) is 0 Å². The van der Waals surface area contributed by atoms with Gasteiger partial charge in [-0.1, -0.05) is 24.8 Å². The van der Waals surface area contributed by atoms with Crippen LogP contribution in [-0.2, 0) is 18.1 Å². The van der Waals surface area contributed by atoms with Crippen LogP contribution in [0.4, 0.5) is 0 Å². The van der Waals surface area contributed by atoms with Crippen LogP contribution in [0.25, 0.3) is 0 Å². The fourth-order valence-electron chi connectivity index (χ4n) is 0.802. The topological polar surface area (TPSA) is 44.8 Å². The Balaban J connectivity index is 4.33. The Hall–Kier alpha value is 0.0669. The monoisotopic (exact) mass is 266 g/mol. The van der Waals surface area contributed by atoms with Gasteiger partial charge in [-0.2, -0.15) is 0 Å². The highest BCUT2D eigenvalue weighted by Crippen LogP contribution is 2.49. The average molecular weight is 266 g/mol. The van der Waals surface area contributed by atoms with Gasteiger partial charge in [0, 0.05) is 0 Å². The molecule has 0 aromatic heterocycles. The molecule has 0 saturated carbocycles. The fourth-order valence-corrected chi connectivity index (χ4v) is 2.60. The Morgan fingerprint density at radius 3 is 1.88 bits per heavy atom. The molecule has 0 bridgehead atoms. The Labute approximate surface area is 99.6 Å². The standard InChI is InChI=1S/C10H23O4PSi/c1-7-12-15(11,13-8-2)14-9-10(3)16(4,5)6/h3,7-9H2,1-2,4-6H3. The number of hydrogen-bond acceptors (Lipinski definition) is 4. The van der Waals surface area contributed by atoms with E-state index in [0.717, 1.165) is 5.20 Å². The molecule has 0 aromatic rings. The summed E-state index contributed by atoms with van der Waals surface area (Å²) in [4.78, 5) is 0. The van der Waals surface area contributed by atoms with Gasteiger partial charge in [0.1, 0.15) is 0 Å². The molecule has 96 valence electrons. The van der Waals surface area contributed by atoms with Crippen molar-refractivity contribution in [2.45, 2.75) is 33.5 Å². The van der Waals surface area contributed by atoms with Crippen molar-refractivity contribution in [1.29, 1.82) is 0 Å². The van der Waals surface area contributed by atoms with Crippen LogP contribution in [0.15, 0.2) is 11.8 Å². The summed E-state index contributed by atoms with van der Waals surface area (Å²) < 4.78 is 27.2. The van der Waals surface area contributed by atoms with Crippen molar-refractivity contribution in [2.75, 3.05) is 19.8 Å². The summed E-state index contributed by atoms with van der Waals surface area (Å²) in [6.45, 7) is 14.8. The van der Waals surface area contributed by atoms with Gasteiger partial charge in [-0.3, -0.25) is 13.6 Å². The van der Waals surface area contributed by atoms with Crippen molar-refractivity contribution in [3.8, 4) is 0 Å². The molecule has 0 N–H and O–H groups in total. The van der Waals surface area contributed by atoms with Gasteiger partial charge in [0.05, 0.1) is 27.9 Å². The van der Waals surface area contributed by atoms with Crippen LogP contribution in [0, 0.1) is 0 Å². The average Bonchev–Trinajstić information content (AvgIpc) is 2.13. The highest BCUT2D eigenvalue weighted by atomic mass is 31.2. The SMILES string of the molecule is C=C(COP(=O)(OCC)OCC)[Si](C)(C)C. The zero-order valence-corrected chi connectivity index (χ0v) is 12.8. The predicted molar refractivity (Wildman–Crippen MR) is 69.3 cm³/mol. The van der Waals surface area contributed by atoms with E-state index < -0.39 is 15.9 Å². The summed E-state index contributed by atoms with van der Waals surface area (Å²) in [6.07, 6.45) is 0. The van der Waals surface area contributed by atoms with Crippen LogP contribution in [0.1, 0.15) is 13.8 Å². The van der Waals surface area contributed by atoms with Gasteiger partial charge in [0.25, 0.3) is 0 Å². The Morgan fingerprint density at radius 1 is 1.12 bits per heavy atom. The van der Waals surface area contributed by atoms with Gasteiger partial charge in [0.2, 0.25) is 0 Å². The minimum Gasteiger partial charge on any atom is -0.287 e. The van der Waals surface area contributed by atoms with Crippen LogP contribution in [0.2, 0.25) is 19.6 Å². The van der Waals surface area contributed by atoms with Gasteiger partial charge in [-0.25, -0.2) is 4.57 Å². The molecule has 0 atom stereocenters. The molecule has 0 heterocycles. The molecule has 0 aromatic carbocycles. The van der Waals surface area contributed by atoms with Gasteiger partial charge >= 0.3 is 7.82 Å². The van der Waals surface area contributed by atoms with E-state index in [0.29, 0.717) is 13.2 Å². The summed E-state index contributed by atoms with van der Waals surface area (Å²) in [5.41, 5.74) is 0. The molecule has 0 aliphatic heterocycles. The van der Waals surface area contributed by atoms with Gasteiger partial charge in [0.15, 0.2) is 0 Å². The number of rotatable bonds is 8. The third kappa shape index (κ3) is 5.96. The molecule has 6 heteroatoms. The Morgan fingerprint density at radius 2 is 1.56 bits per heavy atom. The summed E-state index contributed by atoms with van der Waals surface area (Å²) in [7, 11) is -4.84. The molecule has 0 unspecified atom stereocenters. The maximum Gasteiger partial charge on any atom is 0.475 e. The first-order valence-electron chi connectivity index (χ1n) is 5.47. The van der Waals surface area contributed by atoms with E-state index in [2.05, 4.69) is 26.2 Å². The molecule has 16 heavy (non-hydrogen) atoms. The molecule has 0 aliphatic rings. The Kier molecular flexibility index (Phi) is 6.75. The molecule has 0 radical (unpaired) electrons. The predicted octanol–water partition coefficient (Wildman–Crippen LogP) is 3.62. The van der Waals surface area contributed by atoms with E-state index in [-0.39, 0.29) is 6.61 Å². The van der Waals surface area contributed by atoms with Gasteiger partial charge < -0.3 is 0 Å². The van der Waals surface area contributed by atoms with E-state index in [9.17, 15) is 4.57 Å². The third-order valence-electron chi connectivity index (χ3n) is 2.03. The van der Waals surface area contributed by atoms with Gasteiger partial charge in [-0.15, -0.1) is 6.58 Å². The molecular weight excluding hydrogens is 243 g/mol. The van der Waals surface area contributed by atoms with Crippen molar-refractivity contribution in [3.05, 3.63) is 11.8 Å². The molecular formula is C10H23O4PSi. The lowest BCUT2D eigenvalue weighted by atomic mass is 10.7. The summed E-state index contributed by atoms with van der Waals surface area (Å²) in [5, 5.41) is 0.993. The summed E-state index contributed by atoms with van der Waals surface area (Å²) >= 11 is 0. The zero-order valence-electron chi connectivity index (χ0n) is 10.9. The third-order valence-corrected chi connectivity index (χ3v) is 5.89. The number of phosphoric acid groups is 1. The minimum absolute atomic E-state index is 0.243. The summed E-state index contributed by atoms with van der Waals surface area (Å²) in [6, 6.07) is 0. The zero-order chi connectivity index (χ0) is 12.8. The normalized spacial score (nSPS) is 12.8. The first kappa shape index (κ1) is 16.1. The summed E-state index contributed by atoms with van der Waals surface area (Å²) in [5.74, 6) is 0. The van der Waals surface area contributed by atoms with Crippen molar-refractivity contribution >= 4 is 15.9 Å². The quantitative estimate of drug-likeness (QED) is 0.497. The lowest BCUT2D eigenvalue weighted by molar-refractivity contribution is 0.130. The minimum atomic E-state index is -3.38. The molecule has 4 nitrogen and oxygen atoms in total. The van der Waals surface area contributed by atoms with Crippen LogP contribution in [0.3, 0.4) is 0 Å². The van der Waals surface area contributed by atoms with Crippen molar-refractivity contribution in [1.82, 2.24) is 0 Å². The van der Waals surface area contributed by atoms with E-state index in [1.54, 1.807) is 13.8 Å². The van der Waals surface area contributed by atoms with Crippen LogP contribution in [-0.4, -0.2) is 27.9 Å². The largest absolute Gasteiger partial charge is 0.475 e. The van der Waals surface area contributed by atoms with E-state index >= 15 is 0 Å². The smallest absolute Gasteiger partial charge is 0.287 e. The second-order valence-electron chi connectivity index (χ2n) is 4.41. The Bertz CT molecular complexity index is 262. The maximum atomic E-state index is 12.0. The van der Waals surface area contributed by atoms with Crippen molar-refractivity contribution in [2.24, 2.45) is 0 Å². The fraction of sp³-hybridized carbons (Fsp3) is 0.800. The van der Waals surface area contributed by atoms with E-state index in [1.807, 2.05) is 0 Å². The molecule has 0 rings (SSSR count). The molecule has 0 saturated heterocycles. The highest BCUT2D eigenvalue weighted by molar-refractivity contribution is 7.48. The first-order valence-corrected chi connectivity index (χ1v) is 10.4. The van der Waals surface area contributed by atoms with Crippen LogP contribution in [0.5, 0.6) is 0 Å². The second kappa shape index (κ2) is 6.72. The van der Waals surface area contributed by atoms with Crippen LogP contribution < -0.4 is 0 Å². The molecule has 0 spiro atoms. The number of phosphoric ester groups is 1. The van der Waals surface area contributed by atoms with Crippen LogP contribution >= 0.6 is 7.82 Å². The first-order chi connectivity index (χ1) is 7.25. The molecule has 0 fully saturated rings. The van der Waals surface area contributed by atoms with Crippen molar-refractivity contribution in [3.63, 3.8) is 0 Å². The molecule has 0 aliphatic carbocycles. The van der Waals surface area contributed by atoms with E-state index in [4.69, 9.17) is 13.6 Å². The number of hydrogen-bond donors (Lipinski definition) is 0.